The quantitative estimate of drug-likeness (QED) is 0.667. The molecule has 1 aromatic carbocycles. The van der Waals surface area contributed by atoms with E-state index in [1.54, 1.807) is 14.2 Å². The van der Waals surface area contributed by atoms with Crippen molar-refractivity contribution in [2.45, 2.75) is 19.8 Å². The van der Waals surface area contributed by atoms with E-state index in [1.165, 1.54) is 0 Å². The summed E-state index contributed by atoms with van der Waals surface area (Å²) in [5, 5.41) is 0. The van der Waals surface area contributed by atoms with Crippen molar-refractivity contribution in [2.24, 2.45) is 0 Å². The molecule has 6 heteroatoms. The number of aromatic nitrogens is 2. The van der Waals surface area contributed by atoms with Crippen molar-refractivity contribution < 1.29 is 9.47 Å². The first kappa shape index (κ1) is 16.2. The second-order valence-electron chi connectivity index (χ2n) is 4.40. The maximum absolute atomic E-state index is 5.51. The molecular formula is C15H16Br2N2O2. The Labute approximate surface area is 141 Å². The number of halogens is 2. The summed E-state index contributed by atoms with van der Waals surface area (Å²) < 4.78 is 12.3. The van der Waals surface area contributed by atoms with Crippen molar-refractivity contribution in [1.29, 1.82) is 0 Å². The molecule has 1 heterocycles. The minimum atomic E-state index is 0.697. The minimum absolute atomic E-state index is 0.697. The predicted octanol–water partition coefficient (Wildman–Crippen LogP) is 4.64. The van der Waals surface area contributed by atoms with Crippen molar-refractivity contribution in [3.05, 3.63) is 33.1 Å². The van der Waals surface area contributed by atoms with E-state index in [1.807, 2.05) is 18.2 Å². The highest BCUT2D eigenvalue weighted by atomic mass is 79.9. The Kier molecular flexibility index (Phi) is 5.58. The molecule has 0 aliphatic rings. The van der Waals surface area contributed by atoms with Gasteiger partial charge >= 0.3 is 0 Å². The van der Waals surface area contributed by atoms with Gasteiger partial charge in [-0.05, 0) is 56.5 Å². The Balaban J connectivity index is 2.58. The Morgan fingerprint density at radius 2 is 1.86 bits per heavy atom. The fourth-order valence-electron chi connectivity index (χ4n) is 2.03. The molecule has 1 aromatic heterocycles. The van der Waals surface area contributed by atoms with Crippen molar-refractivity contribution in [3.8, 4) is 22.8 Å². The molecule has 0 aliphatic carbocycles. The van der Waals surface area contributed by atoms with Gasteiger partial charge in [0.15, 0.2) is 0 Å². The first-order valence-electron chi connectivity index (χ1n) is 6.55. The second-order valence-corrected chi connectivity index (χ2v) is 6.01. The molecule has 21 heavy (non-hydrogen) atoms. The van der Waals surface area contributed by atoms with Gasteiger partial charge in [0.2, 0.25) is 0 Å². The van der Waals surface area contributed by atoms with E-state index in [9.17, 15) is 0 Å². The van der Waals surface area contributed by atoms with E-state index < -0.39 is 0 Å². The molecule has 0 saturated carbocycles. The molecule has 0 spiro atoms. The topological polar surface area (TPSA) is 44.2 Å². The Hall–Kier alpha value is -1.14. The molecule has 0 N–H and O–H groups in total. The predicted molar refractivity (Wildman–Crippen MR) is 90.0 cm³/mol. The van der Waals surface area contributed by atoms with Crippen LogP contribution in [0.3, 0.4) is 0 Å². The zero-order valence-electron chi connectivity index (χ0n) is 12.1. The maximum Gasteiger partial charge on any atom is 0.146 e. The number of benzene rings is 1. The van der Waals surface area contributed by atoms with Crippen molar-refractivity contribution in [3.63, 3.8) is 0 Å². The van der Waals surface area contributed by atoms with Gasteiger partial charge < -0.3 is 9.47 Å². The van der Waals surface area contributed by atoms with Crippen LogP contribution in [0.1, 0.15) is 19.2 Å². The highest BCUT2D eigenvalue weighted by Crippen LogP contribution is 2.41. The number of methoxy groups -OCH3 is 2. The van der Waals surface area contributed by atoms with Crippen molar-refractivity contribution in [2.75, 3.05) is 14.2 Å². The zero-order valence-corrected chi connectivity index (χ0v) is 15.3. The number of hydrogen-bond acceptors (Lipinski definition) is 4. The summed E-state index contributed by atoms with van der Waals surface area (Å²) in [6.45, 7) is 2.11. The third kappa shape index (κ3) is 3.55. The summed E-state index contributed by atoms with van der Waals surface area (Å²) in [4.78, 5) is 9.01. The highest BCUT2D eigenvalue weighted by molar-refractivity contribution is 9.10. The van der Waals surface area contributed by atoms with E-state index in [0.29, 0.717) is 5.75 Å². The molecule has 0 saturated heterocycles. The van der Waals surface area contributed by atoms with Gasteiger partial charge in [0.1, 0.15) is 26.4 Å². The third-order valence-electron chi connectivity index (χ3n) is 2.98. The van der Waals surface area contributed by atoms with Gasteiger partial charge in [-0.2, -0.15) is 0 Å². The Morgan fingerprint density at radius 1 is 1.10 bits per heavy atom. The van der Waals surface area contributed by atoms with Crippen LogP contribution in [0, 0.1) is 0 Å². The van der Waals surface area contributed by atoms with E-state index in [4.69, 9.17) is 9.47 Å². The van der Waals surface area contributed by atoms with Crippen LogP contribution in [-0.4, -0.2) is 24.2 Å². The normalized spacial score (nSPS) is 10.5. The Morgan fingerprint density at radius 3 is 2.48 bits per heavy atom. The summed E-state index contributed by atoms with van der Waals surface area (Å²) >= 11 is 6.96. The molecule has 0 aliphatic heterocycles. The van der Waals surface area contributed by atoms with Gasteiger partial charge in [0.25, 0.3) is 0 Å². The SMILES string of the molecule is CCCc1nc(Br)cc(-c2ccc(OC)c(Br)c2OC)n1. The summed E-state index contributed by atoms with van der Waals surface area (Å²) in [6, 6.07) is 5.71. The first-order valence-corrected chi connectivity index (χ1v) is 8.13. The number of aryl methyl sites for hydroxylation is 1. The standard InChI is InChI=1S/C15H16Br2N2O2/c1-4-5-13-18-10(8-12(16)19-13)9-6-7-11(20-2)14(17)15(9)21-3/h6-8H,4-5H2,1-3H3. The van der Waals surface area contributed by atoms with Gasteiger partial charge in [-0.15, -0.1) is 0 Å². The van der Waals surface area contributed by atoms with Crippen LogP contribution in [0.4, 0.5) is 0 Å². The minimum Gasteiger partial charge on any atom is -0.495 e. The largest absolute Gasteiger partial charge is 0.495 e. The highest BCUT2D eigenvalue weighted by Gasteiger charge is 2.16. The average molecular weight is 416 g/mol. The van der Waals surface area contributed by atoms with Crippen LogP contribution >= 0.6 is 31.9 Å². The van der Waals surface area contributed by atoms with Gasteiger partial charge in [-0.3, -0.25) is 0 Å². The molecule has 4 nitrogen and oxygen atoms in total. The molecule has 2 aromatic rings. The smallest absolute Gasteiger partial charge is 0.146 e. The summed E-state index contributed by atoms with van der Waals surface area (Å²) in [6.07, 6.45) is 1.84. The number of rotatable bonds is 5. The molecule has 0 fully saturated rings. The zero-order chi connectivity index (χ0) is 15.4. The molecule has 0 bridgehead atoms. The summed E-state index contributed by atoms with van der Waals surface area (Å²) in [5.41, 5.74) is 1.71. The molecule has 0 amide bonds. The third-order valence-corrected chi connectivity index (χ3v) is 4.13. The van der Waals surface area contributed by atoms with Crippen LogP contribution in [-0.2, 0) is 6.42 Å². The second kappa shape index (κ2) is 7.22. The first-order chi connectivity index (χ1) is 10.1. The lowest BCUT2D eigenvalue weighted by molar-refractivity contribution is 0.390. The fourth-order valence-corrected chi connectivity index (χ4v) is 3.13. The average Bonchev–Trinajstić information content (AvgIpc) is 2.46. The van der Waals surface area contributed by atoms with Crippen molar-refractivity contribution >= 4 is 31.9 Å². The van der Waals surface area contributed by atoms with Crippen LogP contribution in [0.25, 0.3) is 11.3 Å². The lowest BCUT2D eigenvalue weighted by Gasteiger charge is -2.13. The monoisotopic (exact) mass is 414 g/mol. The number of nitrogens with zero attached hydrogens (tertiary/aromatic N) is 2. The fraction of sp³-hybridized carbons (Fsp3) is 0.333. The van der Waals surface area contributed by atoms with Crippen LogP contribution in [0.5, 0.6) is 11.5 Å². The van der Waals surface area contributed by atoms with Crippen molar-refractivity contribution in [1.82, 2.24) is 9.97 Å². The van der Waals surface area contributed by atoms with Crippen LogP contribution in [0.15, 0.2) is 27.3 Å². The van der Waals surface area contributed by atoms with Gasteiger partial charge in [0.05, 0.1) is 19.9 Å². The van der Waals surface area contributed by atoms with Gasteiger partial charge in [-0.1, -0.05) is 6.92 Å². The lowest BCUT2D eigenvalue weighted by atomic mass is 10.1. The molecule has 0 atom stereocenters. The molecule has 0 unspecified atom stereocenters. The Bertz CT molecular complexity index is 648. The van der Waals surface area contributed by atoms with Crippen LogP contribution in [0.2, 0.25) is 0 Å². The maximum atomic E-state index is 5.51. The lowest BCUT2D eigenvalue weighted by Crippen LogP contribution is -1.99. The summed E-state index contributed by atoms with van der Waals surface area (Å²) in [7, 11) is 3.26. The van der Waals surface area contributed by atoms with E-state index >= 15 is 0 Å². The number of hydrogen-bond donors (Lipinski definition) is 0. The van der Waals surface area contributed by atoms with Crippen LogP contribution < -0.4 is 9.47 Å². The van der Waals surface area contributed by atoms with E-state index in [2.05, 4.69) is 48.8 Å². The van der Waals surface area contributed by atoms with Gasteiger partial charge in [-0.25, -0.2) is 9.97 Å². The van der Waals surface area contributed by atoms with Gasteiger partial charge in [0, 0.05) is 12.0 Å². The molecular weight excluding hydrogens is 400 g/mol. The van der Waals surface area contributed by atoms with E-state index in [0.717, 1.165) is 44.7 Å². The molecule has 0 radical (unpaired) electrons. The summed E-state index contributed by atoms with van der Waals surface area (Å²) in [5.74, 6) is 2.23. The molecule has 2 rings (SSSR count). The number of ether oxygens (including phenoxy) is 2. The molecule has 112 valence electrons. The van der Waals surface area contributed by atoms with E-state index in [-0.39, 0.29) is 0 Å².